The minimum absolute atomic E-state index is 0.0303. The van der Waals surface area contributed by atoms with Gasteiger partial charge < -0.3 is 15.0 Å². The molecule has 0 atom stereocenters. The van der Waals surface area contributed by atoms with Gasteiger partial charge in [-0.1, -0.05) is 48.0 Å². The second-order valence-corrected chi connectivity index (χ2v) is 8.13. The molecule has 0 bridgehead atoms. The van der Waals surface area contributed by atoms with Gasteiger partial charge in [0.25, 0.3) is 11.5 Å². The molecule has 8 nitrogen and oxygen atoms in total. The average Bonchev–Trinajstić information content (AvgIpc) is 3.53. The summed E-state index contributed by atoms with van der Waals surface area (Å²) in [7, 11) is 0. The summed E-state index contributed by atoms with van der Waals surface area (Å²) >= 11 is 6.28. The van der Waals surface area contributed by atoms with Crippen LogP contribution in [0.5, 0.6) is 5.75 Å². The first-order valence-electron chi connectivity index (χ1n) is 10.3. The number of carbonyl (C=O) groups is 1. The van der Waals surface area contributed by atoms with E-state index in [9.17, 15) is 9.59 Å². The highest BCUT2D eigenvalue weighted by molar-refractivity contribution is 6.34. The lowest BCUT2D eigenvalue weighted by molar-refractivity contribution is 0.0947. The van der Waals surface area contributed by atoms with Gasteiger partial charge in [0.05, 0.1) is 16.3 Å². The molecule has 1 amide bonds. The van der Waals surface area contributed by atoms with Crippen molar-refractivity contribution in [2.24, 2.45) is 5.92 Å². The van der Waals surface area contributed by atoms with Gasteiger partial charge in [0.1, 0.15) is 12.4 Å². The van der Waals surface area contributed by atoms with E-state index in [1.54, 1.807) is 18.2 Å². The molecule has 162 valence electrons. The van der Waals surface area contributed by atoms with Crippen LogP contribution in [0.25, 0.3) is 17.2 Å². The van der Waals surface area contributed by atoms with E-state index in [0.29, 0.717) is 40.5 Å². The van der Waals surface area contributed by atoms with Crippen molar-refractivity contribution in [2.45, 2.75) is 19.4 Å². The smallest absolute Gasteiger partial charge is 0.276 e. The number of halogens is 1. The second-order valence-electron chi connectivity index (χ2n) is 7.72. The molecule has 1 aliphatic carbocycles. The Morgan fingerprint density at radius 3 is 2.78 bits per heavy atom. The molecule has 2 aromatic carbocycles. The summed E-state index contributed by atoms with van der Waals surface area (Å²) < 4.78 is 7.08. The third-order valence-electron chi connectivity index (χ3n) is 5.25. The Morgan fingerprint density at radius 1 is 1.19 bits per heavy atom. The van der Waals surface area contributed by atoms with E-state index in [1.165, 1.54) is 10.6 Å². The number of hydrogen-bond donors (Lipinski definition) is 2. The van der Waals surface area contributed by atoms with Crippen molar-refractivity contribution in [2.75, 3.05) is 6.54 Å². The molecule has 5 rings (SSSR count). The third-order valence-corrected chi connectivity index (χ3v) is 5.57. The van der Waals surface area contributed by atoms with Gasteiger partial charge in [0.2, 0.25) is 5.78 Å². The molecule has 0 aliphatic heterocycles. The van der Waals surface area contributed by atoms with E-state index in [1.807, 2.05) is 30.3 Å². The topological polar surface area (TPSA) is 101 Å². The Labute approximate surface area is 188 Å². The predicted molar refractivity (Wildman–Crippen MR) is 120 cm³/mol. The lowest BCUT2D eigenvalue weighted by atomic mass is 10.2. The zero-order valence-corrected chi connectivity index (χ0v) is 17.8. The van der Waals surface area contributed by atoms with Crippen LogP contribution in [0.2, 0.25) is 5.02 Å². The van der Waals surface area contributed by atoms with Crippen LogP contribution in [-0.2, 0) is 6.61 Å². The highest BCUT2D eigenvalue weighted by Gasteiger charge is 2.24. The van der Waals surface area contributed by atoms with Gasteiger partial charge in [-0.2, -0.15) is 9.50 Å². The van der Waals surface area contributed by atoms with Crippen LogP contribution in [0, 0.1) is 5.92 Å². The number of nitrogens with one attached hydrogen (secondary N) is 2. The van der Waals surface area contributed by atoms with Crippen molar-refractivity contribution in [3.63, 3.8) is 0 Å². The predicted octanol–water partition coefficient (Wildman–Crippen LogP) is 3.46. The Bertz CT molecular complexity index is 1350. The van der Waals surface area contributed by atoms with Gasteiger partial charge in [-0.3, -0.25) is 9.59 Å². The average molecular weight is 450 g/mol. The number of fused-ring (bicyclic) bond motifs is 1. The molecule has 4 aromatic rings. The summed E-state index contributed by atoms with van der Waals surface area (Å²) in [6, 6.07) is 15.8. The number of amides is 1. The maximum atomic E-state index is 12.6. The molecule has 1 saturated carbocycles. The first kappa shape index (κ1) is 20.3. The standard InChI is InChI=1S/C23H20ClN5O3/c24-17-7-4-8-18(20(17)22(31)25-12-14-9-10-14)32-13-16-11-19(30)29-23(26-16)27-21(28-29)15-5-2-1-3-6-15/h1-8,11,14H,9-10,12-13H2,(H,25,31)(H,26,27,28). The molecule has 2 aromatic heterocycles. The highest BCUT2D eigenvalue weighted by atomic mass is 35.5. The van der Waals surface area contributed by atoms with Crippen molar-refractivity contribution in [1.29, 1.82) is 0 Å². The van der Waals surface area contributed by atoms with Crippen molar-refractivity contribution < 1.29 is 9.53 Å². The Balaban J connectivity index is 1.38. The quantitative estimate of drug-likeness (QED) is 0.450. The number of H-pyrrole nitrogens is 1. The highest BCUT2D eigenvalue weighted by Crippen LogP contribution is 2.30. The van der Waals surface area contributed by atoms with E-state index >= 15 is 0 Å². The van der Waals surface area contributed by atoms with Crippen molar-refractivity contribution in [1.82, 2.24) is 24.9 Å². The van der Waals surface area contributed by atoms with Crippen LogP contribution in [0.3, 0.4) is 0 Å². The van der Waals surface area contributed by atoms with Crippen LogP contribution in [0.15, 0.2) is 59.4 Å². The molecule has 1 fully saturated rings. The van der Waals surface area contributed by atoms with Crippen molar-refractivity contribution >= 4 is 23.3 Å². The van der Waals surface area contributed by atoms with Gasteiger partial charge in [0.15, 0.2) is 5.82 Å². The van der Waals surface area contributed by atoms with Crippen molar-refractivity contribution in [3.8, 4) is 17.1 Å². The SMILES string of the molecule is O=C(NCC1CC1)c1c(Cl)cccc1OCc1cc(=O)n2nc(-c3ccccc3)nc2[nH]1. The van der Waals surface area contributed by atoms with E-state index < -0.39 is 0 Å². The number of ether oxygens (including phenoxy) is 1. The summed E-state index contributed by atoms with van der Waals surface area (Å²) in [5.41, 5.74) is 1.26. The fourth-order valence-corrected chi connectivity index (χ4v) is 3.62. The Morgan fingerprint density at radius 2 is 2.00 bits per heavy atom. The van der Waals surface area contributed by atoms with Crippen molar-refractivity contribution in [3.05, 3.63) is 81.2 Å². The van der Waals surface area contributed by atoms with Crippen LogP contribution in [-0.4, -0.2) is 32.0 Å². The summed E-state index contributed by atoms with van der Waals surface area (Å²) in [5.74, 6) is 1.38. The minimum Gasteiger partial charge on any atom is -0.486 e. The lowest BCUT2D eigenvalue weighted by Gasteiger charge is -2.13. The third kappa shape index (κ3) is 4.22. The Kier molecular flexibility index (Phi) is 5.36. The Hall–Kier alpha value is -3.65. The molecule has 1 aliphatic rings. The molecule has 0 spiro atoms. The number of carbonyl (C=O) groups excluding carboxylic acids is 1. The monoisotopic (exact) mass is 449 g/mol. The van der Waals surface area contributed by atoms with E-state index in [4.69, 9.17) is 16.3 Å². The first-order chi connectivity index (χ1) is 15.6. The fourth-order valence-electron chi connectivity index (χ4n) is 3.37. The summed E-state index contributed by atoms with van der Waals surface area (Å²) in [6.45, 7) is 0.659. The number of aromatic nitrogens is 4. The van der Waals surface area contributed by atoms with Gasteiger partial charge in [-0.25, -0.2) is 0 Å². The second kappa shape index (κ2) is 8.47. The van der Waals surface area contributed by atoms with Gasteiger partial charge in [-0.05, 0) is 30.9 Å². The van der Waals surface area contributed by atoms with E-state index in [-0.39, 0.29) is 23.6 Å². The summed E-state index contributed by atoms with van der Waals surface area (Å²) in [4.78, 5) is 32.7. The zero-order valence-electron chi connectivity index (χ0n) is 17.0. The minimum atomic E-state index is -0.333. The summed E-state index contributed by atoms with van der Waals surface area (Å²) in [5, 5.41) is 7.50. The molecular formula is C23H20ClN5O3. The number of rotatable bonds is 7. The largest absolute Gasteiger partial charge is 0.486 e. The van der Waals surface area contributed by atoms with Crippen LogP contribution in [0.1, 0.15) is 28.9 Å². The summed E-state index contributed by atoms with van der Waals surface area (Å²) in [6.07, 6.45) is 2.27. The van der Waals surface area contributed by atoms with Crippen LogP contribution < -0.4 is 15.6 Å². The molecule has 2 heterocycles. The van der Waals surface area contributed by atoms with Crippen LogP contribution >= 0.6 is 11.6 Å². The fraction of sp³-hybridized carbons (Fsp3) is 0.217. The maximum Gasteiger partial charge on any atom is 0.276 e. The zero-order chi connectivity index (χ0) is 22.1. The lowest BCUT2D eigenvalue weighted by Crippen LogP contribution is -2.26. The first-order valence-corrected chi connectivity index (χ1v) is 10.7. The van der Waals surface area contributed by atoms with E-state index in [0.717, 1.165) is 18.4 Å². The van der Waals surface area contributed by atoms with Gasteiger partial charge in [0, 0.05) is 18.2 Å². The number of hydrogen-bond acceptors (Lipinski definition) is 5. The van der Waals surface area contributed by atoms with Crippen LogP contribution in [0.4, 0.5) is 0 Å². The molecule has 0 saturated heterocycles. The maximum absolute atomic E-state index is 12.6. The molecule has 0 unspecified atom stereocenters. The number of nitrogens with zero attached hydrogens (tertiary/aromatic N) is 3. The molecule has 9 heteroatoms. The molecular weight excluding hydrogens is 430 g/mol. The van der Waals surface area contributed by atoms with E-state index in [2.05, 4.69) is 20.4 Å². The van der Waals surface area contributed by atoms with Gasteiger partial charge in [-0.15, -0.1) is 5.10 Å². The number of aromatic amines is 1. The van der Waals surface area contributed by atoms with Gasteiger partial charge >= 0.3 is 0 Å². The normalized spacial score (nSPS) is 13.3. The molecule has 32 heavy (non-hydrogen) atoms. The number of benzene rings is 2. The molecule has 2 N–H and O–H groups in total. The molecule has 0 radical (unpaired) electrons.